The molecule has 0 radical (unpaired) electrons. The Balaban J connectivity index is 1.47. The van der Waals surface area contributed by atoms with Gasteiger partial charge in [0.15, 0.2) is 11.5 Å². The van der Waals surface area contributed by atoms with Crippen LogP contribution in [0.4, 0.5) is 16.2 Å². The molecule has 9 nitrogen and oxygen atoms in total. The molecule has 2 aliphatic rings. The number of imide groups is 1. The molecule has 3 amide bonds. The number of rotatable bonds is 6. The van der Waals surface area contributed by atoms with Gasteiger partial charge in [-0.15, -0.1) is 0 Å². The topological polar surface area (TPSA) is 108 Å². The van der Waals surface area contributed by atoms with Crippen LogP contribution in [0.15, 0.2) is 45.8 Å². The van der Waals surface area contributed by atoms with Crippen LogP contribution in [-0.4, -0.2) is 67.0 Å². The maximum atomic E-state index is 12.9. The first-order valence-corrected chi connectivity index (χ1v) is 12.0. The minimum absolute atomic E-state index is 0.0614. The number of benzene rings is 2. The van der Waals surface area contributed by atoms with Gasteiger partial charge < -0.3 is 24.8 Å². The van der Waals surface area contributed by atoms with Crippen molar-refractivity contribution in [3.8, 4) is 11.5 Å². The normalized spacial score (nSPS) is 17.4. The van der Waals surface area contributed by atoms with Gasteiger partial charge in [-0.05, 0) is 47.7 Å². The minimum Gasteiger partial charge on any atom is -0.504 e. The summed E-state index contributed by atoms with van der Waals surface area (Å²) in [5, 5.41) is 12.2. The fraction of sp³-hybridized carbons (Fsp3) is 0.261. The maximum absolute atomic E-state index is 12.9. The van der Waals surface area contributed by atoms with E-state index in [2.05, 4.69) is 26.1 Å². The Hall–Kier alpha value is -3.02. The van der Waals surface area contributed by atoms with Gasteiger partial charge in [-0.1, -0.05) is 28.1 Å². The summed E-state index contributed by atoms with van der Waals surface area (Å²) in [6.07, 6.45) is 1.52. The fourth-order valence-electron chi connectivity index (χ4n) is 3.60. The summed E-state index contributed by atoms with van der Waals surface area (Å²) in [6, 6.07) is 10.4. The zero-order valence-electron chi connectivity index (χ0n) is 18.2. The van der Waals surface area contributed by atoms with Crippen LogP contribution < -0.4 is 15.0 Å². The van der Waals surface area contributed by atoms with Crippen molar-refractivity contribution in [2.45, 2.75) is 0 Å². The molecular weight excluding hydrogens is 526 g/mol. The summed E-state index contributed by atoms with van der Waals surface area (Å²) in [7, 11) is 1.41. The lowest BCUT2D eigenvalue weighted by Gasteiger charge is -2.30. The van der Waals surface area contributed by atoms with Crippen molar-refractivity contribution >= 4 is 62.2 Å². The Bertz CT molecular complexity index is 1170. The number of amides is 3. The van der Waals surface area contributed by atoms with E-state index in [9.17, 15) is 19.5 Å². The molecule has 2 aromatic rings. The molecule has 0 atom stereocenters. The second kappa shape index (κ2) is 10.5. The highest BCUT2D eigenvalue weighted by atomic mass is 79.9. The number of methoxy groups -OCH3 is 1. The van der Waals surface area contributed by atoms with Gasteiger partial charge >= 0.3 is 0 Å². The van der Waals surface area contributed by atoms with Crippen LogP contribution in [0.1, 0.15) is 5.56 Å². The number of halogens is 1. The lowest BCUT2D eigenvalue weighted by molar-refractivity contribution is -0.127. The Morgan fingerprint density at radius 1 is 1.26 bits per heavy atom. The molecule has 34 heavy (non-hydrogen) atoms. The predicted molar refractivity (Wildman–Crippen MR) is 133 cm³/mol. The molecule has 0 bridgehead atoms. The average Bonchev–Trinajstić information content (AvgIpc) is 3.09. The van der Waals surface area contributed by atoms with Crippen LogP contribution in [0, 0.1) is 0 Å². The smallest absolute Gasteiger partial charge is 0.294 e. The molecule has 0 saturated carbocycles. The van der Waals surface area contributed by atoms with Gasteiger partial charge in [-0.3, -0.25) is 19.3 Å². The van der Waals surface area contributed by atoms with Gasteiger partial charge in [-0.2, -0.15) is 0 Å². The number of phenols is 1. The standard InChI is InChI=1S/C23H22BrN3O6S/c1-32-19-10-14(15(24)12-18(19)28)11-20-22(30)27(23(31)34-20)13-21(29)25-16-4-2-3-5-17(16)26-6-8-33-9-7-26/h2-5,10-12,28H,6-9,13H2,1H3,(H,25,29)/b20-11+. The Morgan fingerprint density at radius 3 is 2.74 bits per heavy atom. The molecule has 2 heterocycles. The van der Waals surface area contributed by atoms with Crippen molar-refractivity contribution in [1.29, 1.82) is 0 Å². The van der Waals surface area contributed by atoms with Crippen LogP contribution in [0.2, 0.25) is 0 Å². The van der Waals surface area contributed by atoms with Crippen LogP contribution >= 0.6 is 27.7 Å². The third-order valence-electron chi connectivity index (χ3n) is 5.29. The number of thioether (sulfide) groups is 1. The van der Waals surface area contributed by atoms with Gasteiger partial charge in [0.25, 0.3) is 11.1 Å². The highest BCUT2D eigenvalue weighted by molar-refractivity contribution is 9.10. The van der Waals surface area contributed by atoms with E-state index in [4.69, 9.17) is 9.47 Å². The summed E-state index contributed by atoms with van der Waals surface area (Å²) >= 11 is 4.08. The van der Waals surface area contributed by atoms with E-state index in [1.54, 1.807) is 12.1 Å². The zero-order valence-corrected chi connectivity index (χ0v) is 20.6. The second-order valence-corrected chi connectivity index (χ2v) is 9.33. The third kappa shape index (κ3) is 5.21. The largest absolute Gasteiger partial charge is 0.504 e. The lowest BCUT2D eigenvalue weighted by Crippen LogP contribution is -2.38. The summed E-state index contributed by atoms with van der Waals surface area (Å²) in [6.45, 7) is 2.22. The van der Waals surface area contributed by atoms with E-state index in [-0.39, 0.29) is 16.4 Å². The molecule has 2 N–H and O–H groups in total. The number of nitrogens with zero attached hydrogens (tertiary/aromatic N) is 2. The fourth-order valence-corrected chi connectivity index (χ4v) is 4.88. The minimum atomic E-state index is -0.564. The quantitative estimate of drug-likeness (QED) is 0.527. The van der Waals surface area contributed by atoms with Crippen molar-refractivity contribution in [2.75, 3.05) is 50.2 Å². The Morgan fingerprint density at radius 2 is 2.00 bits per heavy atom. The molecule has 2 aliphatic heterocycles. The van der Waals surface area contributed by atoms with Crippen molar-refractivity contribution in [3.63, 3.8) is 0 Å². The van der Waals surface area contributed by atoms with E-state index in [0.717, 1.165) is 22.3 Å². The van der Waals surface area contributed by atoms with Crippen LogP contribution in [-0.2, 0) is 14.3 Å². The van der Waals surface area contributed by atoms with E-state index in [1.165, 1.54) is 19.3 Å². The zero-order chi connectivity index (χ0) is 24.2. The van der Waals surface area contributed by atoms with E-state index in [1.807, 2.05) is 18.2 Å². The number of aromatic hydroxyl groups is 1. The molecule has 0 unspecified atom stereocenters. The number of anilines is 2. The SMILES string of the molecule is COc1cc(/C=C2/SC(=O)N(CC(=O)Nc3ccccc3N3CCOCC3)C2=O)c(Br)cc1O. The number of carbonyl (C=O) groups excluding carboxylic acids is 3. The Labute approximate surface area is 208 Å². The van der Waals surface area contributed by atoms with Crippen molar-refractivity contribution < 1.29 is 29.0 Å². The number of hydrogen-bond acceptors (Lipinski definition) is 8. The van der Waals surface area contributed by atoms with Crippen LogP contribution in [0.5, 0.6) is 11.5 Å². The molecule has 0 aliphatic carbocycles. The van der Waals surface area contributed by atoms with Gasteiger partial charge in [-0.25, -0.2) is 0 Å². The number of hydrogen-bond donors (Lipinski definition) is 2. The molecule has 4 rings (SSSR count). The van der Waals surface area contributed by atoms with Gasteiger partial charge in [0, 0.05) is 17.6 Å². The Kier molecular flexibility index (Phi) is 7.44. The number of phenolic OH excluding ortho intramolecular Hbond substituents is 1. The molecular formula is C23H22BrN3O6S. The predicted octanol–water partition coefficient (Wildman–Crippen LogP) is 3.67. The number of ether oxygens (including phenoxy) is 2. The lowest BCUT2D eigenvalue weighted by atomic mass is 10.2. The molecule has 0 aromatic heterocycles. The van der Waals surface area contributed by atoms with Crippen LogP contribution in [0.25, 0.3) is 6.08 Å². The van der Waals surface area contributed by atoms with Gasteiger partial charge in [0.1, 0.15) is 6.54 Å². The van der Waals surface area contributed by atoms with E-state index >= 15 is 0 Å². The third-order valence-corrected chi connectivity index (χ3v) is 6.88. The number of nitrogens with one attached hydrogen (secondary N) is 1. The summed E-state index contributed by atoms with van der Waals surface area (Å²) in [4.78, 5) is 41.3. The summed E-state index contributed by atoms with van der Waals surface area (Å²) in [5.74, 6) is -0.872. The highest BCUT2D eigenvalue weighted by Gasteiger charge is 2.36. The van der Waals surface area contributed by atoms with Gasteiger partial charge in [0.05, 0.1) is 36.6 Å². The maximum Gasteiger partial charge on any atom is 0.294 e. The summed E-state index contributed by atoms with van der Waals surface area (Å²) < 4.78 is 11.0. The number of morpholine rings is 1. The molecule has 2 fully saturated rings. The van der Waals surface area contributed by atoms with E-state index in [0.29, 0.717) is 42.0 Å². The van der Waals surface area contributed by atoms with Crippen LogP contribution in [0.3, 0.4) is 0 Å². The molecule has 11 heteroatoms. The van der Waals surface area contributed by atoms with Crippen molar-refractivity contribution in [2.24, 2.45) is 0 Å². The molecule has 0 spiro atoms. The molecule has 178 valence electrons. The summed E-state index contributed by atoms with van der Waals surface area (Å²) in [5.41, 5.74) is 2.01. The highest BCUT2D eigenvalue weighted by Crippen LogP contribution is 2.37. The number of carbonyl (C=O) groups is 3. The van der Waals surface area contributed by atoms with Gasteiger partial charge in [0.2, 0.25) is 5.91 Å². The molecule has 2 saturated heterocycles. The monoisotopic (exact) mass is 547 g/mol. The second-order valence-electron chi connectivity index (χ2n) is 7.48. The van der Waals surface area contributed by atoms with Crippen molar-refractivity contribution in [3.05, 3.63) is 51.3 Å². The number of para-hydroxylation sites is 2. The van der Waals surface area contributed by atoms with E-state index < -0.39 is 23.6 Å². The average molecular weight is 548 g/mol. The first kappa shape index (κ1) is 24.1. The molecule has 2 aromatic carbocycles. The van der Waals surface area contributed by atoms with Crippen molar-refractivity contribution in [1.82, 2.24) is 4.90 Å². The first-order chi connectivity index (χ1) is 16.4. The first-order valence-electron chi connectivity index (χ1n) is 10.4.